The Morgan fingerprint density at radius 3 is 1.25 bits per heavy atom. The number of esters is 2. The standard InChI is InChI=1S/C41H80O16P2.2H3N/c1-3-5-7-9-11-13-15-17-19-21-23-25-27-29-34(42)53-31-33(55-35(43)30-28-26-24-22-20-18-16-14-12-10-8-6-4-2)32-54-59(51,52)57-41-38(46)36(44)37(45)40(39(41)47)56-58(48,49)50;;/h33,36-41,44-47H,3-32H2,1-2H3,(H,51,52)(H2,48,49,50);2*1H3/t33-,36-,37-,38-,39-,40+,41-;;/m1../s1/i31D2,32D2,33D;;. The van der Waals surface area contributed by atoms with Crippen molar-refractivity contribution in [3.8, 4) is 0 Å². The van der Waals surface area contributed by atoms with Crippen molar-refractivity contribution in [2.75, 3.05) is 13.1 Å². The molecular weight excluding hydrogens is 838 g/mol. The van der Waals surface area contributed by atoms with Crippen molar-refractivity contribution in [2.24, 2.45) is 0 Å². The normalized spacial score (nSPS) is 24.0. The average Bonchev–Trinajstić information content (AvgIpc) is 3.19. The number of phosphoric ester groups is 2. The van der Waals surface area contributed by atoms with Crippen LogP contribution in [0.25, 0.3) is 0 Å². The molecular formula is C41H86N2O16P2. The number of aliphatic hydroxyl groups is 4. The maximum atomic E-state index is 13.3. The highest BCUT2D eigenvalue weighted by molar-refractivity contribution is 7.47. The number of ether oxygens (including phenoxy) is 2. The fourth-order valence-corrected chi connectivity index (χ4v) is 8.18. The Labute approximate surface area is 372 Å². The van der Waals surface area contributed by atoms with E-state index in [0.717, 1.165) is 64.2 Å². The van der Waals surface area contributed by atoms with Gasteiger partial charge in [-0.25, -0.2) is 9.13 Å². The maximum absolute atomic E-state index is 13.3. The van der Waals surface area contributed by atoms with Crippen molar-refractivity contribution in [2.45, 2.75) is 236 Å². The summed E-state index contributed by atoms with van der Waals surface area (Å²) >= 11 is 0. The molecule has 0 aromatic heterocycles. The quantitative estimate of drug-likeness (QED) is 0.0160. The van der Waals surface area contributed by atoms with E-state index in [4.69, 9.17) is 16.3 Å². The van der Waals surface area contributed by atoms with Crippen LogP contribution in [0.15, 0.2) is 0 Å². The molecule has 61 heavy (non-hydrogen) atoms. The van der Waals surface area contributed by atoms with Crippen molar-refractivity contribution in [3.63, 3.8) is 0 Å². The van der Waals surface area contributed by atoms with Gasteiger partial charge in [0.15, 0.2) is 6.08 Å². The monoisotopic (exact) mass is 930 g/mol. The topological polar surface area (TPSA) is 326 Å². The lowest BCUT2D eigenvalue weighted by Gasteiger charge is -2.43. The van der Waals surface area contributed by atoms with Crippen LogP contribution in [-0.2, 0) is 41.8 Å². The lowest BCUT2D eigenvalue weighted by Crippen LogP contribution is -2.64. The summed E-state index contributed by atoms with van der Waals surface area (Å²) in [4.78, 5) is 55.0. The first kappa shape index (κ1) is 52.5. The third-order valence-electron chi connectivity index (χ3n) is 10.3. The third kappa shape index (κ3) is 31.4. The van der Waals surface area contributed by atoms with Crippen LogP contribution in [0.1, 0.15) is 200 Å². The first-order valence-corrected chi connectivity index (χ1v) is 25.1. The van der Waals surface area contributed by atoms with E-state index in [1.54, 1.807) is 0 Å². The largest absolute Gasteiger partial charge is 0.472 e. The van der Waals surface area contributed by atoms with E-state index in [9.17, 15) is 53.8 Å². The molecule has 18 nitrogen and oxygen atoms in total. The van der Waals surface area contributed by atoms with Crippen LogP contribution in [0, 0.1) is 0 Å². The predicted molar refractivity (Wildman–Crippen MR) is 233 cm³/mol. The molecule has 1 rings (SSSR count). The molecule has 0 aromatic carbocycles. The molecule has 366 valence electrons. The molecule has 0 heterocycles. The maximum Gasteiger partial charge on any atom is 0.472 e. The highest BCUT2D eigenvalue weighted by Crippen LogP contribution is 2.49. The minimum absolute atomic E-state index is 0. The van der Waals surface area contributed by atoms with Gasteiger partial charge in [-0.1, -0.05) is 168 Å². The Morgan fingerprint density at radius 1 is 0.525 bits per heavy atom. The van der Waals surface area contributed by atoms with E-state index in [1.165, 1.54) is 77.0 Å². The first-order chi connectivity index (χ1) is 29.9. The molecule has 0 aliphatic heterocycles. The Morgan fingerprint density at radius 2 is 0.869 bits per heavy atom. The van der Waals surface area contributed by atoms with E-state index in [2.05, 4.69) is 27.4 Å². The van der Waals surface area contributed by atoms with E-state index in [-0.39, 0.29) is 31.6 Å². The molecule has 1 unspecified atom stereocenters. The van der Waals surface area contributed by atoms with Crippen LogP contribution in [0.4, 0.5) is 0 Å². The van der Waals surface area contributed by atoms with Crippen LogP contribution < -0.4 is 12.3 Å². The zero-order valence-corrected chi connectivity index (χ0v) is 38.7. The second-order valence-electron chi connectivity index (χ2n) is 15.6. The van der Waals surface area contributed by atoms with E-state index in [1.807, 2.05) is 0 Å². The third-order valence-corrected chi connectivity index (χ3v) is 11.6. The molecule has 8 atom stereocenters. The molecule has 0 bridgehead atoms. The lowest BCUT2D eigenvalue weighted by atomic mass is 9.85. The number of carbonyl (C=O) groups excluding carboxylic acids is 2. The summed E-state index contributed by atoms with van der Waals surface area (Å²) in [5.41, 5.74) is 0. The van der Waals surface area contributed by atoms with Gasteiger partial charge in [0.2, 0.25) is 0 Å². The highest BCUT2D eigenvalue weighted by atomic mass is 31.2. The molecule has 1 fully saturated rings. The zero-order valence-electron chi connectivity index (χ0n) is 41.9. The SMILES string of the molecule is N.N.[2H]C([2H])(OC(=O)CCCCCCCCCCCCCCC)[C@@]([2H])(OC(=O)CCCCCCCCCCCCCCC)C([2H])([2H])OP(=O)(O)O[C@H]1[C@H](O)[C@@H](OP(=O)(O)O)[C@H](O)[C@@H](O)[C@H]1O. The summed E-state index contributed by atoms with van der Waals surface area (Å²) in [7, 11) is -11.7. The highest BCUT2D eigenvalue weighted by Gasteiger charge is 2.54. The van der Waals surface area contributed by atoms with Crippen molar-refractivity contribution in [1.82, 2.24) is 12.3 Å². The molecule has 0 amide bonds. The number of rotatable bonds is 38. The number of hydrogen-bond donors (Lipinski definition) is 9. The average molecular weight is 930 g/mol. The fourth-order valence-electron chi connectivity index (χ4n) is 6.82. The molecule has 1 aliphatic rings. The van der Waals surface area contributed by atoms with Gasteiger partial charge in [0.05, 0.1) is 13.4 Å². The molecule has 1 aliphatic carbocycles. The van der Waals surface area contributed by atoms with Crippen LogP contribution >= 0.6 is 15.6 Å². The Hall–Kier alpha value is -1.08. The van der Waals surface area contributed by atoms with Gasteiger partial charge in [-0.3, -0.25) is 23.2 Å². The zero-order chi connectivity index (χ0) is 48.5. The van der Waals surface area contributed by atoms with Crippen LogP contribution in [-0.4, -0.2) is 103 Å². The van der Waals surface area contributed by atoms with Gasteiger partial charge < -0.3 is 56.9 Å². The summed E-state index contributed by atoms with van der Waals surface area (Å²) in [6.07, 6.45) is 6.13. The van der Waals surface area contributed by atoms with Gasteiger partial charge in [-0.05, 0) is 12.8 Å². The van der Waals surface area contributed by atoms with Crippen LogP contribution in [0.3, 0.4) is 0 Å². The summed E-state index contributed by atoms with van der Waals surface area (Å²) in [6, 6.07) is 0. The van der Waals surface area contributed by atoms with Gasteiger partial charge in [0.1, 0.15) is 43.2 Å². The van der Waals surface area contributed by atoms with Gasteiger partial charge in [0.25, 0.3) is 0 Å². The summed E-state index contributed by atoms with van der Waals surface area (Å²) in [5, 5.41) is 41.4. The van der Waals surface area contributed by atoms with Crippen molar-refractivity contribution in [1.29, 1.82) is 0 Å². The molecule has 13 N–H and O–H groups in total. The second kappa shape index (κ2) is 37.2. The number of hydrogen-bond acceptors (Lipinski definition) is 15. The molecule has 20 heteroatoms. The van der Waals surface area contributed by atoms with Gasteiger partial charge >= 0.3 is 27.6 Å². The fraction of sp³-hybridized carbons (Fsp3) is 0.951. The number of unbranched alkanes of at least 4 members (excludes halogenated alkanes) is 24. The summed E-state index contributed by atoms with van der Waals surface area (Å²) in [5.74, 6) is -2.59. The smallest absolute Gasteiger partial charge is 0.462 e. The van der Waals surface area contributed by atoms with Gasteiger partial charge in [0, 0.05) is 12.8 Å². The van der Waals surface area contributed by atoms with E-state index >= 15 is 0 Å². The summed E-state index contributed by atoms with van der Waals surface area (Å²) < 4.78 is 90.7. The molecule has 0 radical (unpaired) electrons. The second-order valence-corrected chi connectivity index (χ2v) is 18.1. The predicted octanol–water partition coefficient (Wildman–Crippen LogP) is 8.17. The van der Waals surface area contributed by atoms with E-state index in [0.29, 0.717) is 12.8 Å². The summed E-state index contributed by atoms with van der Waals surface area (Å²) in [6.45, 7) is -3.79. The van der Waals surface area contributed by atoms with Crippen molar-refractivity contribution in [3.05, 3.63) is 0 Å². The molecule has 1 saturated carbocycles. The number of phosphoric acid groups is 2. The van der Waals surface area contributed by atoms with E-state index < -0.39 is 89.8 Å². The minimum Gasteiger partial charge on any atom is -0.462 e. The van der Waals surface area contributed by atoms with Crippen LogP contribution in [0.5, 0.6) is 0 Å². The Bertz CT molecular complexity index is 1410. The number of aliphatic hydroxyl groups excluding tert-OH is 4. The van der Waals surface area contributed by atoms with Gasteiger partial charge in [-0.2, -0.15) is 0 Å². The van der Waals surface area contributed by atoms with Crippen molar-refractivity contribution < 1.29 is 83.7 Å². The minimum atomic E-state index is -6.18. The molecule has 0 spiro atoms. The number of carbonyl (C=O) groups is 2. The Balaban J connectivity index is 0. The van der Waals surface area contributed by atoms with Gasteiger partial charge in [-0.15, -0.1) is 0 Å². The molecule has 0 saturated heterocycles. The lowest BCUT2D eigenvalue weighted by molar-refractivity contribution is -0.216. The molecule has 0 aromatic rings. The first-order valence-electron chi connectivity index (χ1n) is 24.6. The van der Waals surface area contributed by atoms with Crippen molar-refractivity contribution >= 4 is 27.6 Å². The van der Waals surface area contributed by atoms with Crippen LogP contribution in [0.2, 0.25) is 0 Å². The Kier molecular flexibility index (Phi) is 32.0.